The van der Waals surface area contributed by atoms with Gasteiger partial charge in [-0.15, -0.1) is 0 Å². The number of aryl methyl sites for hydroxylation is 1. The van der Waals surface area contributed by atoms with Gasteiger partial charge >= 0.3 is 0 Å². The number of hydrogen-bond acceptors (Lipinski definition) is 4. The first-order chi connectivity index (χ1) is 14.4. The van der Waals surface area contributed by atoms with Crippen LogP contribution in [0.25, 0.3) is 0 Å². The fourth-order valence-corrected chi connectivity index (χ4v) is 5.32. The van der Waals surface area contributed by atoms with Crippen LogP contribution in [0.4, 0.5) is 0 Å². The molecule has 3 aliphatic heterocycles. The molecule has 4 heterocycles. The summed E-state index contributed by atoms with van der Waals surface area (Å²) in [6.07, 6.45) is 4.64. The van der Waals surface area contributed by atoms with Gasteiger partial charge in [-0.1, -0.05) is 0 Å². The lowest BCUT2D eigenvalue weighted by Crippen LogP contribution is -2.63. The van der Waals surface area contributed by atoms with Crippen LogP contribution in [-0.2, 0) is 20.8 Å². The van der Waals surface area contributed by atoms with Crippen LogP contribution in [0.3, 0.4) is 0 Å². The van der Waals surface area contributed by atoms with Crippen molar-refractivity contribution >= 4 is 11.8 Å². The average molecular weight is 418 g/mol. The normalized spacial score (nSPS) is 22.7. The van der Waals surface area contributed by atoms with E-state index in [9.17, 15) is 9.59 Å². The molecule has 0 bridgehead atoms. The fraction of sp³-hybridized carbons (Fsp3) is 0.739. The second-order valence-corrected chi connectivity index (χ2v) is 9.30. The zero-order chi connectivity index (χ0) is 21.3. The molecule has 0 N–H and O–H groups in total. The molecular weight excluding hydrogens is 382 g/mol. The molecule has 166 valence electrons. The van der Waals surface area contributed by atoms with E-state index >= 15 is 0 Å². The first-order valence-corrected chi connectivity index (χ1v) is 11.3. The topological polar surface area (TPSA) is 64.0 Å². The molecule has 7 heteroatoms. The molecule has 1 atom stereocenters. The summed E-state index contributed by atoms with van der Waals surface area (Å²) in [4.78, 5) is 29.4. The largest absolute Gasteiger partial charge is 0.385 e. The van der Waals surface area contributed by atoms with Gasteiger partial charge in [-0.3, -0.25) is 9.59 Å². The Balaban J connectivity index is 1.30. The third kappa shape index (κ3) is 4.14. The predicted molar refractivity (Wildman–Crippen MR) is 114 cm³/mol. The highest BCUT2D eigenvalue weighted by molar-refractivity contribution is 5.96. The molecule has 3 saturated heterocycles. The number of carbonyl (C=O) groups excluding carboxylic acids is 2. The molecule has 2 amide bonds. The van der Waals surface area contributed by atoms with Crippen molar-refractivity contribution in [1.29, 1.82) is 0 Å². The number of amides is 2. The van der Waals surface area contributed by atoms with Gasteiger partial charge in [0.05, 0.1) is 25.3 Å². The van der Waals surface area contributed by atoms with Gasteiger partial charge in [0, 0.05) is 51.2 Å². The van der Waals surface area contributed by atoms with Crippen molar-refractivity contribution in [2.75, 3.05) is 46.5 Å². The lowest BCUT2D eigenvalue weighted by molar-refractivity contribution is -0.131. The zero-order valence-corrected chi connectivity index (χ0v) is 18.6. The SMILES string of the molecule is COCCCn1c(C)cc(C(=O)N2CC3(CC(CC(=O)N4CCCC4)CO3)C2)c1C. The van der Waals surface area contributed by atoms with E-state index in [1.165, 1.54) is 0 Å². The summed E-state index contributed by atoms with van der Waals surface area (Å²) in [5, 5.41) is 0. The number of aromatic nitrogens is 1. The highest BCUT2D eigenvalue weighted by Gasteiger charge is 2.51. The Morgan fingerprint density at radius 1 is 1.20 bits per heavy atom. The second-order valence-electron chi connectivity index (χ2n) is 9.30. The fourth-order valence-electron chi connectivity index (χ4n) is 5.32. The first kappa shape index (κ1) is 21.4. The number of ether oxygens (including phenoxy) is 2. The van der Waals surface area contributed by atoms with E-state index in [-0.39, 0.29) is 23.3 Å². The Hall–Kier alpha value is -1.86. The highest BCUT2D eigenvalue weighted by Crippen LogP contribution is 2.40. The van der Waals surface area contributed by atoms with Gasteiger partial charge in [0.1, 0.15) is 5.60 Å². The van der Waals surface area contributed by atoms with Crippen molar-refractivity contribution in [3.05, 3.63) is 23.0 Å². The van der Waals surface area contributed by atoms with E-state index in [2.05, 4.69) is 11.5 Å². The van der Waals surface area contributed by atoms with Crippen molar-refractivity contribution in [2.24, 2.45) is 5.92 Å². The van der Waals surface area contributed by atoms with Crippen molar-refractivity contribution in [1.82, 2.24) is 14.4 Å². The minimum atomic E-state index is -0.240. The minimum Gasteiger partial charge on any atom is -0.385 e. The quantitative estimate of drug-likeness (QED) is 0.639. The predicted octanol–water partition coefficient (Wildman–Crippen LogP) is 2.39. The number of likely N-dealkylation sites (tertiary alicyclic amines) is 2. The summed E-state index contributed by atoms with van der Waals surface area (Å²) in [5.74, 6) is 0.638. The van der Waals surface area contributed by atoms with E-state index < -0.39 is 0 Å². The van der Waals surface area contributed by atoms with E-state index in [0.717, 1.165) is 62.3 Å². The monoisotopic (exact) mass is 417 g/mol. The van der Waals surface area contributed by atoms with Gasteiger partial charge in [0.2, 0.25) is 5.91 Å². The van der Waals surface area contributed by atoms with E-state index in [1.54, 1.807) is 7.11 Å². The summed E-state index contributed by atoms with van der Waals surface area (Å²) < 4.78 is 13.5. The van der Waals surface area contributed by atoms with Gasteiger partial charge in [0.25, 0.3) is 5.91 Å². The minimum absolute atomic E-state index is 0.0897. The van der Waals surface area contributed by atoms with Crippen LogP contribution >= 0.6 is 0 Å². The van der Waals surface area contributed by atoms with Crippen LogP contribution in [-0.4, -0.2) is 78.3 Å². The molecule has 1 spiro atoms. The molecule has 3 aliphatic rings. The van der Waals surface area contributed by atoms with Gasteiger partial charge in [-0.2, -0.15) is 0 Å². The lowest BCUT2D eigenvalue weighted by Gasteiger charge is -2.47. The second kappa shape index (κ2) is 8.71. The maximum atomic E-state index is 13.1. The molecule has 0 radical (unpaired) electrons. The number of hydrogen-bond donors (Lipinski definition) is 0. The van der Waals surface area contributed by atoms with E-state index in [0.29, 0.717) is 32.7 Å². The van der Waals surface area contributed by atoms with Crippen molar-refractivity contribution in [3.8, 4) is 0 Å². The van der Waals surface area contributed by atoms with Gasteiger partial charge in [-0.25, -0.2) is 0 Å². The van der Waals surface area contributed by atoms with Gasteiger partial charge in [-0.05, 0) is 51.5 Å². The molecule has 0 saturated carbocycles. The van der Waals surface area contributed by atoms with Crippen LogP contribution < -0.4 is 0 Å². The molecule has 7 nitrogen and oxygen atoms in total. The van der Waals surface area contributed by atoms with Crippen molar-refractivity contribution in [2.45, 2.75) is 58.1 Å². The summed E-state index contributed by atoms with van der Waals surface area (Å²) in [7, 11) is 1.71. The Kier molecular flexibility index (Phi) is 6.21. The smallest absolute Gasteiger partial charge is 0.255 e. The lowest BCUT2D eigenvalue weighted by atomic mass is 9.85. The van der Waals surface area contributed by atoms with Gasteiger partial charge < -0.3 is 23.8 Å². The summed E-state index contributed by atoms with van der Waals surface area (Å²) >= 11 is 0. The number of rotatable bonds is 7. The summed E-state index contributed by atoms with van der Waals surface area (Å²) in [6, 6.07) is 2.00. The van der Waals surface area contributed by atoms with Crippen LogP contribution in [0.2, 0.25) is 0 Å². The molecular formula is C23H35N3O4. The van der Waals surface area contributed by atoms with E-state index in [1.807, 2.05) is 22.8 Å². The molecule has 4 rings (SSSR count). The molecule has 3 fully saturated rings. The van der Waals surface area contributed by atoms with E-state index in [4.69, 9.17) is 9.47 Å². The molecule has 1 aromatic heterocycles. The number of carbonyl (C=O) groups is 2. The van der Waals surface area contributed by atoms with Crippen LogP contribution in [0, 0.1) is 19.8 Å². The third-order valence-electron chi connectivity index (χ3n) is 6.99. The first-order valence-electron chi connectivity index (χ1n) is 11.3. The molecule has 1 aromatic rings. The van der Waals surface area contributed by atoms with Crippen molar-refractivity contribution in [3.63, 3.8) is 0 Å². The number of nitrogens with zero attached hydrogens (tertiary/aromatic N) is 3. The van der Waals surface area contributed by atoms with Crippen LogP contribution in [0.15, 0.2) is 6.07 Å². The zero-order valence-electron chi connectivity index (χ0n) is 18.6. The Labute approximate surface area is 179 Å². The molecule has 30 heavy (non-hydrogen) atoms. The Morgan fingerprint density at radius 2 is 1.93 bits per heavy atom. The van der Waals surface area contributed by atoms with Gasteiger partial charge in [0.15, 0.2) is 0 Å². The standard InChI is InChI=1S/C23H35N3O4/c1-17-11-20(18(2)26(17)9-6-10-29-3)22(28)25-15-23(16-25)13-19(14-30-23)12-21(27)24-7-4-5-8-24/h11,19H,4-10,12-16H2,1-3H3. The third-order valence-corrected chi connectivity index (χ3v) is 6.99. The average Bonchev–Trinajstić information content (AvgIpc) is 3.42. The number of methoxy groups -OCH3 is 1. The van der Waals surface area contributed by atoms with Crippen molar-refractivity contribution < 1.29 is 19.1 Å². The summed E-state index contributed by atoms with van der Waals surface area (Å²) in [5.41, 5.74) is 2.68. The van der Waals surface area contributed by atoms with Crippen LogP contribution in [0.5, 0.6) is 0 Å². The molecule has 0 aromatic carbocycles. The maximum absolute atomic E-state index is 13.1. The molecule has 1 unspecified atom stereocenters. The molecule has 0 aliphatic carbocycles. The Morgan fingerprint density at radius 3 is 2.63 bits per heavy atom. The Bertz CT molecular complexity index is 791. The maximum Gasteiger partial charge on any atom is 0.255 e. The highest BCUT2D eigenvalue weighted by atomic mass is 16.5. The summed E-state index contributed by atoms with van der Waals surface area (Å²) in [6.45, 7) is 9.36. The van der Waals surface area contributed by atoms with Crippen LogP contribution in [0.1, 0.15) is 53.8 Å².